The molecule has 0 aliphatic heterocycles. The molecule has 0 saturated heterocycles. The van der Waals surface area contributed by atoms with Crippen LogP contribution in [0.4, 0.5) is 0 Å². The summed E-state index contributed by atoms with van der Waals surface area (Å²) in [7, 11) is 0. The van der Waals surface area contributed by atoms with Crippen molar-refractivity contribution < 1.29 is 21.3 Å². The van der Waals surface area contributed by atoms with E-state index >= 15 is 0 Å². The van der Waals surface area contributed by atoms with E-state index in [4.69, 9.17) is 4.21 Å². The van der Waals surface area contributed by atoms with E-state index in [-0.39, 0.29) is 5.41 Å². The molecular weight excluding hydrogens is 367 g/mol. The van der Waals surface area contributed by atoms with Crippen LogP contribution in [0, 0.1) is 5.41 Å². The van der Waals surface area contributed by atoms with Crippen LogP contribution < -0.4 is 0 Å². The molecule has 0 unspecified atom stereocenters. The third-order valence-corrected chi connectivity index (χ3v) is 11.5. The van der Waals surface area contributed by atoms with E-state index in [1.54, 1.807) is 3.28 Å². The van der Waals surface area contributed by atoms with Crippen molar-refractivity contribution in [1.82, 2.24) is 0 Å². The van der Waals surface area contributed by atoms with Gasteiger partial charge in [0.05, 0.1) is 0 Å². The number of rotatable bonds is 2. The predicted molar refractivity (Wildman–Crippen MR) is 101 cm³/mol. The van der Waals surface area contributed by atoms with Crippen molar-refractivity contribution in [2.24, 2.45) is 5.41 Å². The second-order valence-electron chi connectivity index (χ2n) is 7.92. The van der Waals surface area contributed by atoms with Crippen molar-refractivity contribution in [3.8, 4) is 11.1 Å². The maximum absolute atomic E-state index is 4.81. The van der Waals surface area contributed by atoms with E-state index < -0.39 is 21.3 Å². The van der Waals surface area contributed by atoms with Crippen molar-refractivity contribution in [1.29, 1.82) is 0 Å². The summed E-state index contributed by atoms with van der Waals surface area (Å²) >= 11 is -2.00. The van der Waals surface area contributed by atoms with Crippen LogP contribution in [-0.4, -0.2) is 4.21 Å². The molecule has 0 N–H and O–H groups in total. The maximum atomic E-state index is 4.81. The SMILES string of the molecule is [CH2]=[Zr]([C]1=CC(C(C)(C)C)=CC1)[CH]1c2ccccc2-c2ccccc21. The Morgan fingerprint density at radius 3 is 1.96 bits per heavy atom. The van der Waals surface area contributed by atoms with E-state index in [9.17, 15) is 0 Å². The van der Waals surface area contributed by atoms with Gasteiger partial charge in [-0.05, 0) is 0 Å². The van der Waals surface area contributed by atoms with Crippen LogP contribution >= 0.6 is 0 Å². The third kappa shape index (κ3) is 2.58. The topological polar surface area (TPSA) is 0 Å². The molecule has 0 radical (unpaired) electrons. The average Bonchev–Trinajstić information content (AvgIpc) is 3.17. The Morgan fingerprint density at radius 2 is 1.46 bits per heavy atom. The molecule has 4 rings (SSSR count). The van der Waals surface area contributed by atoms with Crippen molar-refractivity contribution in [3.63, 3.8) is 0 Å². The zero-order valence-electron chi connectivity index (χ0n) is 14.8. The van der Waals surface area contributed by atoms with Crippen LogP contribution in [0.15, 0.2) is 69.5 Å². The molecule has 0 amide bonds. The number of benzene rings is 2. The molecule has 0 aromatic heterocycles. The number of fused-ring (bicyclic) bond motifs is 3. The molecule has 1 heteroatoms. The van der Waals surface area contributed by atoms with E-state index in [0.717, 1.165) is 6.42 Å². The molecule has 24 heavy (non-hydrogen) atoms. The second-order valence-corrected chi connectivity index (χ2v) is 13.5. The molecule has 2 aromatic rings. The van der Waals surface area contributed by atoms with Crippen LogP contribution in [0.3, 0.4) is 0 Å². The summed E-state index contributed by atoms with van der Waals surface area (Å²) in [6, 6.07) is 17.9. The van der Waals surface area contributed by atoms with Crippen LogP contribution in [0.5, 0.6) is 0 Å². The number of hydrogen-bond acceptors (Lipinski definition) is 0. The molecular formula is C23H24Zr. The minimum atomic E-state index is -2.00. The molecule has 0 atom stereocenters. The zero-order valence-corrected chi connectivity index (χ0v) is 17.2. The van der Waals surface area contributed by atoms with Gasteiger partial charge in [-0.25, -0.2) is 0 Å². The van der Waals surface area contributed by atoms with Gasteiger partial charge in [-0.1, -0.05) is 0 Å². The fourth-order valence-electron chi connectivity index (χ4n) is 3.99. The zero-order chi connectivity index (χ0) is 16.9. The molecule has 0 nitrogen and oxygen atoms in total. The van der Waals surface area contributed by atoms with Gasteiger partial charge in [0.15, 0.2) is 0 Å². The molecule has 120 valence electrons. The monoisotopic (exact) mass is 390 g/mol. The Hall–Kier alpha value is -1.33. The average molecular weight is 392 g/mol. The van der Waals surface area contributed by atoms with E-state index in [2.05, 4.69) is 81.5 Å². The molecule has 0 spiro atoms. The van der Waals surface area contributed by atoms with Crippen LogP contribution in [0.1, 0.15) is 41.9 Å². The Kier molecular flexibility index (Phi) is 3.96. The van der Waals surface area contributed by atoms with Gasteiger partial charge in [0, 0.05) is 0 Å². The third-order valence-electron chi connectivity index (χ3n) is 5.33. The standard InChI is InChI=1S/C13H9.C9H13.CH2.Zr/c1-3-7-12-10(5-1)9-11-6-2-4-8-13(11)12;1-9(2,3)8-6-4-5-7-8;;/h1-9H;6-7H,4H2,1-3H3;1H2;. The first-order valence-corrected chi connectivity index (χ1v) is 13.1. The first-order chi connectivity index (χ1) is 11.5. The van der Waals surface area contributed by atoms with Crippen molar-refractivity contribution in [2.75, 3.05) is 0 Å². The summed E-state index contributed by atoms with van der Waals surface area (Å²) < 4.78 is 7.05. The summed E-state index contributed by atoms with van der Waals surface area (Å²) in [4.78, 5) is 0. The van der Waals surface area contributed by atoms with Gasteiger partial charge < -0.3 is 0 Å². The van der Waals surface area contributed by atoms with E-state index in [0.29, 0.717) is 3.63 Å². The minimum absolute atomic E-state index is 0.247. The van der Waals surface area contributed by atoms with Gasteiger partial charge in [-0.2, -0.15) is 0 Å². The van der Waals surface area contributed by atoms with E-state index in [1.807, 2.05) is 0 Å². The van der Waals surface area contributed by atoms with Crippen molar-refractivity contribution >= 4 is 4.21 Å². The summed E-state index contributed by atoms with van der Waals surface area (Å²) in [6.07, 6.45) is 6.06. The fraction of sp³-hybridized carbons (Fsp3) is 0.261. The van der Waals surface area contributed by atoms with Gasteiger partial charge in [0.25, 0.3) is 0 Å². The Bertz CT molecular complexity index is 845. The molecule has 2 aliphatic rings. The molecule has 0 fully saturated rings. The second kappa shape index (κ2) is 5.88. The first kappa shape index (κ1) is 16.2. The molecule has 0 saturated carbocycles. The van der Waals surface area contributed by atoms with Gasteiger partial charge >= 0.3 is 154 Å². The van der Waals surface area contributed by atoms with Crippen molar-refractivity contribution in [2.45, 2.75) is 30.8 Å². The molecule has 0 bridgehead atoms. The van der Waals surface area contributed by atoms with Crippen LogP contribution in [0.25, 0.3) is 11.1 Å². The Labute approximate surface area is 153 Å². The van der Waals surface area contributed by atoms with Gasteiger partial charge in [-0.15, -0.1) is 0 Å². The van der Waals surface area contributed by atoms with Gasteiger partial charge in [0.2, 0.25) is 0 Å². The Morgan fingerprint density at radius 1 is 0.917 bits per heavy atom. The number of allylic oxidation sites excluding steroid dienone is 4. The van der Waals surface area contributed by atoms with Gasteiger partial charge in [0.1, 0.15) is 0 Å². The van der Waals surface area contributed by atoms with E-state index in [1.165, 1.54) is 27.8 Å². The van der Waals surface area contributed by atoms with Gasteiger partial charge in [-0.3, -0.25) is 0 Å². The normalized spacial score (nSPS) is 16.5. The Balaban J connectivity index is 1.77. The summed E-state index contributed by atoms with van der Waals surface area (Å²) in [5.41, 5.74) is 7.65. The van der Waals surface area contributed by atoms with Crippen molar-refractivity contribution in [3.05, 3.63) is 80.7 Å². The quantitative estimate of drug-likeness (QED) is 0.583. The van der Waals surface area contributed by atoms with Crippen LogP contribution in [0.2, 0.25) is 0 Å². The first-order valence-electron chi connectivity index (χ1n) is 8.75. The summed E-state index contributed by atoms with van der Waals surface area (Å²) in [6.45, 7) is 6.93. The summed E-state index contributed by atoms with van der Waals surface area (Å²) in [5.74, 6) is 0. The number of hydrogen-bond donors (Lipinski definition) is 0. The molecule has 0 heterocycles. The van der Waals surface area contributed by atoms with Crippen LogP contribution in [-0.2, 0) is 21.3 Å². The molecule has 2 aromatic carbocycles. The predicted octanol–water partition coefficient (Wildman–Crippen LogP) is 6.07. The molecule has 2 aliphatic carbocycles. The fourth-order valence-corrected chi connectivity index (χ4v) is 9.72. The summed E-state index contributed by atoms with van der Waals surface area (Å²) in [5, 5.41) is 0.